The Bertz CT molecular complexity index is 852. The zero-order valence-electron chi connectivity index (χ0n) is 16.6. The van der Waals surface area contributed by atoms with Crippen LogP contribution in [-0.2, 0) is 4.74 Å². The van der Waals surface area contributed by atoms with Crippen LogP contribution in [-0.4, -0.2) is 51.9 Å². The van der Waals surface area contributed by atoms with E-state index in [2.05, 4.69) is 15.4 Å². The molecule has 7 nitrogen and oxygen atoms in total. The van der Waals surface area contributed by atoms with Crippen LogP contribution >= 0.6 is 23.6 Å². The van der Waals surface area contributed by atoms with Gasteiger partial charge in [0.25, 0.3) is 0 Å². The number of thiazole rings is 1. The van der Waals surface area contributed by atoms with E-state index in [0.29, 0.717) is 30.0 Å². The van der Waals surface area contributed by atoms with Crippen molar-refractivity contribution < 1.29 is 14.1 Å². The maximum absolute atomic E-state index is 11.8. The zero-order chi connectivity index (χ0) is 20.2. The first-order chi connectivity index (χ1) is 14.1. The van der Waals surface area contributed by atoms with Crippen molar-refractivity contribution in [1.29, 1.82) is 0 Å². The van der Waals surface area contributed by atoms with Gasteiger partial charge in [-0.2, -0.15) is 0 Å². The van der Waals surface area contributed by atoms with E-state index >= 15 is 0 Å². The molecule has 1 aliphatic carbocycles. The van der Waals surface area contributed by atoms with E-state index in [-0.39, 0.29) is 5.69 Å². The molecule has 0 bridgehead atoms. The predicted molar refractivity (Wildman–Crippen MR) is 115 cm³/mol. The van der Waals surface area contributed by atoms with E-state index < -0.39 is 5.97 Å². The Morgan fingerprint density at radius 1 is 1.34 bits per heavy atom. The average Bonchev–Trinajstić information content (AvgIpc) is 3.49. The smallest absolute Gasteiger partial charge is 0.360 e. The summed E-state index contributed by atoms with van der Waals surface area (Å²) in [6.07, 6.45) is 7.15. The number of hydrogen-bond acceptors (Lipinski definition) is 7. The molecular formula is C20H26N4O3S2. The molecule has 2 aliphatic rings. The van der Waals surface area contributed by atoms with Gasteiger partial charge in [0.15, 0.2) is 16.6 Å². The fourth-order valence-corrected chi connectivity index (χ4v) is 5.28. The van der Waals surface area contributed by atoms with Crippen LogP contribution in [0.4, 0.5) is 0 Å². The molecule has 0 atom stereocenters. The summed E-state index contributed by atoms with van der Waals surface area (Å²) in [6.45, 7) is 3.97. The van der Waals surface area contributed by atoms with Crippen molar-refractivity contribution in [3.8, 4) is 11.5 Å². The van der Waals surface area contributed by atoms with Crippen molar-refractivity contribution in [3.63, 3.8) is 0 Å². The van der Waals surface area contributed by atoms with Crippen molar-refractivity contribution >= 4 is 34.6 Å². The van der Waals surface area contributed by atoms with Gasteiger partial charge in [-0.15, -0.1) is 11.3 Å². The largest absolute Gasteiger partial charge is 0.461 e. The third-order valence-electron chi connectivity index (χ3n) is 5.58. The molecule has 0 spiro atoms. The molecular weight excluding hydrogens is 408 g/mol. The number of aromatic nitrogens is 2. The molecule has 1 saturated carbocycles. The molecule has 156 valence electrons. The van der Waals surface area contributed by atoms with E-state index in [0.717, 1.165) is 36.1 Å². The second-order valence-electron chi connectivity index (χ2n) is 7.56. The van der Waals surface area contributed by atoms with Crippen LogP contribution in [0.15, 0.2) is 16.0 Å². The highest BCUT2D eigenvalue weighted by Crippen LogP contribution is 2.33. The summed E-state index contributed by atoms with van der Waals surface area (Å²) in [6, 6.07) is 2.15. The van der Waals surface area contributed by atoms with Gasteiger partial charge in [0.1, 0.15) is 5.69 Å². The molecule has 1 saturated heterocycles. The fourth-order valence-electron chi connectivity index (χ4n) is 3.95. The number of rotatable bonds is 5. The Morgan fingerprint density at radius 2 is 2.10 bits per heavy atom. The summed E-state index contributed by atoms with van der Waals surface area (Å²) < 4.78 is 10.2. The Labute approximate surface area is 179 Å². The first-order valence-electron chi connectivity index (χ1n) is 10.3. The topological polar surface area (TPSA) is 80.5 Å². The molecule has 0 aromatic carbocycles. The third kappa shape index (κ3) is 4.78. The summed E-state index contributed by atoms with van der Waals surface area (Å²) in [5.74, 6) is 0.439. The Morgan fingerprint density at radius 3 is 2.83 bits per heavy atom. The average molecular weight is 435 g/mol. The SMILES string of the molecule is CCOC(=O)c1cc(-c2csc(C3CCN(C(=S)NC4CCCC4)CC3)n2)on1. The molecule has 0 amide bonds. The standard InChI is InChI=1S/C20H26N4O3S2/c1-2-26-19(25)15-11-17(27-23-15)16-12-29-18(22-16)13-7-9-24(10-8-13)20(28)21-14-5-3-4-6-14/h11-14H,2-10H2,1H3,(H,21,28). The molecule has 2 aromatic heterocycles. The molecule has 29 heavy (non-hydrogen) atoms. The van der Waals surface area contributed by atoms with Crippen molar-refractivity contribution in [1.82, 2.24) is 20.4 Å². The number of nitrogens with one attached hydrogen (secondary N) is 1. The van der Waals surface area contributed by atoms with Crippen LogP contribution in [0.1, 0.15) is 66.9 Å². The number of esters is 1. The van der Waals surface area contributed by atoms with Crippen molar-refractivity contribution in [3.05, 3.63) is 22.1 Å². The van der Waals surface area contributed by atoms with Crippen molar-refractivity contribution in [2.75, 3.05) is 19.7 Å². The van der Waals surface area contributed by atoms with Crippen molar-refractivity contribution in [2.24, 2.45) is 0 Å². The van der Waals surface area contributed by atoms with Gasteiger partial charge in [-0.1, -0.05) is 18.0 Å². The van der Waals surface area contributed by atoms with Gasteiger partial charge < -0.3 is 19.5 Å². The molecule has 2 aromatic rings. The predicted octanol–water partition coefficient (Wildman–Crippen LogP) is 3.97. The van der Waals surface area contributed by atoms with Crippen LogP contribution in [0.3, 0.4) is 0 Å². The number of thiocarbonyl (C=S) groups is 1. The summed E-state index contributed by atoms with van der Waals surface area (Å²) in [4.78, 5) is 18.8. The van der Waals surface area contributed by atoms with E-state index in [4.69, 9.17) is 26.5 Å². The van der Waals surface area contributed by atoms with Crippen LogP contribution in [0.2, 0.25) is 0 Å². The Hall–Kier alpha value is -2.00. The number of carbonyl (C=O) groups excluding carboxylic acids is 1. The summed E-state index contributed by atoms with van der Waals surface area (Å²) in [7, 11) is 0. The Kier molecular flexibility index (Phi) is 6.44. The van der Waals surface area contributed by atoms with Crippen LogP contribution in [0.5, 0.6) is 0 Å². The maximum atomic E-state index is 11.8. The van der Waals surface area contributed by atoms with Gasteiger partial charge >= 0.3 is 5.97 Å². The van der Waals surface area contributed by atoms with E-state index in [1.807, 2.05) is 5.38 Å². The summed E-state index contributed by atoms with van der Waals surface area (Å²) >= 11 is 7.25. The molecule has 3 heterocycles. The van der Waals surface area contributed by atoms with Gasteiger partial charge in [0, 0.05) is 36.5 Å². The highest BCUT2D eigenvalue weighted by molar-refractivity contribution is 7.80. The molecule has 9 heteroatoms. The lowest BCUT2D eigenvalue weighted by Crippen LogP contribution is -2.46. The number of carbonyl (C=O) groups is 1. The number of piperidine rings is 1. The first kappa shape index (κ1) is 20.3. The number of ether oxygens (including phenoxy) is 1. The minimum atomic E-state index is -0.479. The lowest BCUT2D eigenvalue weighted by atomic mass is 9.98. The first-order valence-corrected chi connectivity index (χ1v) is 11.6. The number of nitrogens with zero attached hydrogens (tertiary/aromatic N) is 3. The minimum absolute atomic E-state index is 0.174. The molecule has 2 fully saturated rings. The van der Waals surface area contributed by atoms with Crippen LogP contribution < -0.4 is 5.32 Å². The maximum Gasteiger partial charge on any atom is 0.360 e. The highest BCUT2D eigenvalue weighted by Gasteiger charge is 2.26. The van der Waals surface area contributed by atoms with Gasteiger partial charge in [-0.05, 0) is 44.8 Å². The van der Waals surface area contributed by atoms with Gasteiger partial charge in [-0.25, -0.2) is 9.78 Å². The number of hydrogen-bond donors (Lipinski definition) is 1. The zero-order valence-corrected chi connectivity index (χ0v) is 18.2. The van der Waals surface area contributed by atoms with E-state index in [9.17, 15) is 4.79 Å². The molecule has 1 N–H and O–H groups in total. The second-order valence-corrected chi connectivity index (χ2v) is 8.84. The van der Waals surface area contributed by atoms with Gasteiger partial charge in [-0.3, -0.25) is 0 Å². The van der Waals surface area contributed by atoms with Crippen LogP contribution in [0, 0.1) is 0 Å². The van der Waals surface area contributed by atoms with E-state index in [1.165, 1.54) is 25.7 Å². The highest BCUT2D eigenvalue weighted by atomic mass is 32.1. The monoisotopic (exact) mass is 434 g/mol. The van der Waals surface area contributed by atoms with Crippen LogP contribution in [0.25, 0.3) is 11.5 Å². The molecule has 1 aliphatic heterocycles. The summed E-state index contributed by atoms with van der Waals surface area (Å²) in [5.41, 5.74) is 0.891. The molecule has 4 rings (SSSR count). The van der Waals surface area contributed by atoms with Crippen molar-refractivity contribution in [2.45, 2.75) is 57.4 Å². The molecule has 0 radical (unpaired) electrons. The lowest BCUT2D eigenvalue weighted by Gasteiger charge is -2.34. The van der Waals surface area contributed by atoms with E-state index in [1.54, 1.807) is 24.3 Å². The normalized spacial score (nSPS) is 18.2. The van der Waals surface area contributed by atoms with Gasteiger partial charge in [0.05, 0.1) is 11.6 Å². The van der Waals surface area contributed by atoms with Gasteiger partial charge in [0.2, 0.25) is 0 Å². The fraction of sp³-hybridized carbons (Fsp3) is 0.600. The second kappa shape index (κ2) is 9.21. The molecule has 0 unspecified atom stereocenters. The number of likely N-dealkylation sites (tertiary alicyclic amines) is 1. The Balaban J connectivity index is 1.32. The minimum Gasteiger partial charge on any atom is -0.461 e. The summed E-state index contributed by atoms with van der Waals surface area (Å²) in [5, 5.41) is 11.3. The third-order valence-corrected chi connectivity index (χ3v) is 6.97. The lowest BCUT2D eigenvalue weighted by molar-refractivity contribution is 0.0514. The quantitative estimate of drug-likeness (QED) is 0.559.